The van der Waals surface area contributed by atoms with Crippen LogP contribution in [0.2, 0.25) is 0 Å². The predicted octanol–water partition coefficient (Wildman–Crippen LogP) is 4.51. The average molecular weight is 346 g/mol. The van der Waals surface area contributed by atoms with Gasteiger partial charge in [-0.1, -0.05) is 40.2 Å². The van der Waals surface area contributed by atoms with Crippen molar-refractivity contribution < 1.29 is 9.15 Å². The lowest BCUT2D eigenvalue weighted by Gasteiger charge is -2.17. The highest BCUT2D eigenvalue weighted by Crippen LogP contribution is 2.34. The number of furan rings is 1. The van der Waals surface area contributed by atoms with Crippen LogP contribution in [-0.4, -0.2) is 14.2 Å². The van der Waals surface area contributed by atoms with Gasteiger partial charge in [0.25, 0.3) is 0 Å². The minimum Gasteiger partial charge on any atom is -0.496 e. The van der Waals surface area contributed by atoms with Crippen LogP contribution in [0.3, 0.4) is 0 Å². The van der Waals surface area contributed by atoms with E-state index in [2.05, 4.69) is 27.3 Å². The molecule has 0 amide bonds. The quantitative estimate of drug-likeness (QED) is 0.755. The van der Waals surface area contributed by atoms with Crippen molar-refractivity contribution in [3.05, 3.63) is 64.3 Å². The lowest BCUT2D eigenvalue weighted by molar-refractivity contribution is 0.399. The van der Waals surface area contributed by atoms with E-state index in [1.165, 1.54) is 0 Å². The second kappa shape index (κ2) is 5.92. The van der Waals surface area contributed by atoms with Crippen molar-refractivity contribution in [3.8, 4) is 5.75 Å². The molecule has 4 heteroatoms. The van der Waals surface area contributed by atoms with E-state index in [4.69, 9.17) is 9.15 Å². The Kier molecular flexibility index (Phi) is 3.99. The largest absolute Gasteiger partial charge is 0.496 e. The van der Waals surface area contributed by atoms with Gasteiger partial charge in [-0.15, -0.1) is 0 Å². The van der Waals surface area contributed by atoms with Crippen molar-refractivity contribution in [1.82, 2.24) is 5.32 Å². The number of ether oxygens (including phenoxy) is 1. The minimum absolute atomic E-state index is 0.0551. The van der Waals surface area contributed by atoms with E-state index in [0.29, 0.717) is 0 Å². The number of halogens is 1. The maximum Gasteiger partial charge on any atom is 0.134 e. The van der Waals surface area contributed by atoms with Crippen molar-refractivity contribution in [2.75, 3.05) is 14.2 Å². The molecule has 1 heterocycles. The number of para-hydroxylation sites is 1. The molecule has 0 saturated carbocycles. The molecule has 3 aromatic rings. The average Bonchev–Trinajstić information content (AvgIpc) is 2.92. The van der Waals surface area contributed by atoms with Gasteiger partial charge in [-0.05, 0) is 31.3 Å². The predicted molar refractivity (Wildman–Crippen MR) is 87.8 cm³/mol. The molecule has 0 aliphatic rings. The first kappa shape index (κ1) is 14.2. The first-order valence-corrected chi connectivity index (χ1v) is 7.51. The molecule has 0 radical (unpaired) electrons. The first-order valence-electron chi connectivity index (χ1n) is 6.72. The summed E-state index contributed by atoms with van der Waals surface area (Å²) in [5, 5.41) is 4.40. The summed E-state index contributed by atoms with van der Waals surface area (Å²) in [7, 11) is 3.59. The van der Waals surface area contributed by atoms with E-state index >= 15 is 0 Å². The van der Waals surface area contributed by atoms with Crippen molar-refractivity contribution >= 4 is 26.9 Å². The van der Waals surface area contributed by atoms with Gasteiger partial charge in [0.05, 0.1) is 13.2 Å². The van der Waals surface area contributed by atoms with E-state index in [0.717, 1.165) is 32.5 Å². The van der Waals surface area contributed by atoms with Crippen LogP contribution in [0.25, 0.3) is 11.0 Å². The lowest BCUT2D eigenvalue weighted by Crippen LogP contribution is -2.17. The summed E-state index contributed by atoms with van der Waals surface area (Å²) >= 11 is 3.47. The number of hydrogen-bond acceptors (Lipinski definition) is 3. The molecule has 3 nitrogen and oxygen atoms in total. The molecule has 0 aliphatic heterocycles. The van der Waals surface area contributed by atoms with Gasteiger partial charge in [-0.3, -0.25) is 0 Å². The summed E-state index contributed by atoms with van der Waals surface area (Å²) in [6.45, 7) is 0. The Morgan fingerprint density at radius 2 is 1.95 bits per heavy atom. The Balaban J connectivity index is 2.09. The van der Waals surface area contributed by atoms with Crippen LogP contribution < -0.4 is 10.1 Å². The van der Waals surface area contributed by atoms with Crippen LogP contribution in [0, 0.1) is 0 Å². The van der Waals surface area contributed by atoms with Crippen LogP contribution >= 0.6 is 15.9 Å². The molecule has 1 unspecified atom stereocenters. The van der Waals surface area contributed by atoms with Gasteiger partial charge in [0.2, 0.25) is 0 Å². The van der Waals surface area contributed by atoms with Crippen molar-refractivity contribution in [2.45, 2.75) is 6.04 Å². The number of benzene rings is 2. The molecular formula is C17H16BrNO2. The molecule has 1 aromatic heterocycles. The van der Waals surface area contributed by atoms with Crippen molar-refractivity contribution in [3.63, 3.8) is 0 Å². The Bertz CT molecular complexity index is 733. The zero-order chi connectivity index (χ0) is 14.8. The van der Waals surface area contributed by atoms with E-state index in [1.54, 1.807) is 7.11 Å². The third-order valence-corrected chi connectivity index (χ3v) is 4.02. The normalized spacial score (nSPS) is 12.5. The van der Waals surface area contributed by atoms with Crippen LogP contribution in [0.1, 0.15) is 17.4 Å². The van der Waals surface area contributed by atoms with E-state index in [-0.39, 0.29) is 6.04 Å². The van der Waals surface area contributed by atoms with Crippen LogP contribution in [0.4, 0.5) is 0 Å². The molecule has 0 fully saturated rings. The Hall–Kier alpha value is -1.78. The van der Waals surface area contributed by atoms with Gasteiger partial charge in [0.1, 0.15) is 17.1 Å². The molecule has 1 N–H and O–H groups in total. The zero-order valence-corrected chi connectivity index (χ0v) is 13.5. The third kappa shape index (κ3) is 2.69. The summed E-state index contributed by atoms with van der Waals surface area (Å²) in [6.07, 6.45) is 0. The fourth-order valence-corrected chi connectivity index (χ4v) is 2.86. The SMILES string of the molecule is CNC(c1cc2ccccc2o1)c1ccc(Br)cc1OC. The van der Waals surface area contributed by atoms with Crippen molar-refractivity contribution in [2.24, 2.45) is 0 Å². The van der Waals surface area contributed by atoms with Gasteiger partial charge in [-0.2, -0.15) is 0 Å². The fraction of sp³-hybridized carbons (Fsp3) is 0.176. The molecule has 0 bridgehead atoms. The Labute approximate surface area is 132 Å². The van der Waals surface area contributed by atoms with E-state index in [1.807, 2.05) is 49.5 Å². The van der Waals surface area contributed by atoms with Crippen molar-refractivity contribution in [1.29, 1.82) is 0 Å². The second-order valence-corrected chi connectivity index (χ2v) is 5.71. The Morgan fingerprint density at radius 3 is 2.67 bits per heavy atom. The molecule has 3 rings (SSSR count). The van der Waals surface area contributed by atoms with Gasteiger partial charge in [-0.25, -0.2) is 0 Å². The monoisotopic (exact) mass is 345 g/mol. The summed E-state index contributed by atoms with van der Waals surface area (Å²) in [5.41, 5.74) is 1.94. The summed E-state index contributed by atoms with van der Waals surface area (Å²) in [5.74, 6) is 1.70. The van der Waals surface area contributed by atoms with Gasteiger partial charge < -0.3 is 14.5 Å². The zero-order valence-electron chi connectivity index (χ0n) is 11.9. The number of rotatable bonds is 4. The fourth-order valence-electron chi connectivity index (χ4n) is 2.52. The maximum absolute atomic E-state index is 5.98. The first-order chi connectivity index (χ1) is 10.2. The Morgan fingerprint density at radius 1 is 1.14 bits per heavy atom. The highest BCUT2D eigenvalue weighted by Gasteiger charge is 2.20. The highest BCUT2D eigenvalue weighted by molar-refractivity contribution is 9.10. The summed E-state index contributed by atoms with van der Waals surface area (Å²) in [4.78, 5) is 0. The van der Waals surface area contributed by atoms with Gasteiger partial charge in [0, 0.05) is 15.4 Å². The summed E-state index contributed by atoms with van der Waals surface area (Å²) in [6, 6.07) is 16.0. The van der Waals surface area contributed by atoms with Crippen LogP contribution in [0.15, 0.2) is 57.4 Å². The standard InChI is InChI=1S/C17H16BrNO2/c1-19-17(13-8-7-12(18)10-15(13)20-2)16-9-11-5-3-4-6-14(11)21-16/h3-10,17,19H,1-2H3. The number of methoxy groups -OCH3 is 1. The number of nitrogens with one attached hydrogen (secondary N) is 1. The topological polar surface area (TPSA) is 34.4 Å². The molecule has 0 spiro atoms. The van der Waals surface area contributed by atoms with Gasteiger partial charge in [0.15, 0.2) is 0 Å². The highest BCUT2D eigenvalue weighted by atomic mass is 79.9. The maximum atomic E-state index is 5.98. The molecular weight excluding hydrogens is 330 g/mol. The van der Waals surface area contributed by atoms with Crippen LogP contribution in [0.5, 0.6) is 5.75 Å². The molecule has 1 atom stereocenters. The second-order valence-electron chi connectivity index (χ2n) is 4.79. The molecule has 0 aliphatic carbocycles. The summed E-state index contributed by atoms with van der Waals surface area (Å²) < 4.78 is 12.5. The molecule has 21 heavy (non-hydrogen) atoms. The minimum atomic E-state index is -0.0551. The van der Waals surface area contributed by atoms with Gasteiger partial charge >= 0.3 is 0 Å². The van der Waals surface area contributed by atoms with Crippen LogP contribution in [-0.2, 0) is 0 Å². The number of hydrogen-bond donors (Lipinski definition) is 1. The smallest absolute Gasteiger partial charge is 0.134 e. The number of fused-ring (bicyclic) bond motifs is 1. The van der Waals surface area contributed by atoms with E-state index in [9.17, 15) is 0 Å². The third-order valence-electron chi connectivity index (χ3n) is 3.52. The molecule has 108 valence electrons. The molecule has 2 aromatic carbocycles. The van der Waals surface area contributed by atoms with E-state index < -0.39 is 0 Å². The lowest BCUT2D eigenvalue weighted by atomic mass is 10.0. The molecule has 0 saturated heterocycles.